The lowest BCUT2D eigenvalue weighted by Crippen LogP contribution is -2.30. The molecule has 0 spiro atoms. The average Bonchev–Trinajstić information content (AvgIpc) is 2.46. The molecule has 0 saturated carbocycles. The number of hydrogen-bond acceptors (Lipinski definition) is 3. The minimum Gasteiger partial charge on any atom is -0.493 e. The molecule has 1 N–H and O–H groups in total. The maximum Gasteiger partial charge on any atom is 0.241 e. The lowest BCUT2D eigenvalue weighted by molar-refractivity contribution is 0.313. The maximum atomic E-state index is 12.5. The number of nitrogens with one attached hydrogen (secondary N) is 1. The van der Waals surface area contributed by atoms with Gasteiger partial charge in [0, 0.05) is 16.8 Å². The summed E-state index contributed by atoms with van der Waals surface area (Å²) in [6, 6.07) is 10.7. The van der Waals surface area contributed by atoms with E-state index in [-0.39, 0.29) is 6.04 Å². The third-order valence-corrected chi connectivity index (χ3v) is 5.00. The predicted molar refractivity (Wildman–Crippen MR) is 89.8 cm³/mol. The molecule has 0 aliphatic heterocycles. The lowest BCUT2D eigenvalue weighted by Gasteiger charge is -2.14. The van der Waals surface area contributed by atoms with E-state index in [1.807, 2.05) is 38.1 Å². The largest absolute Gasteiger partial charge is 0.493 e. The number of ether oxygens (including phenoxy) is 1. The Morgan fingerprint density at radius 2 is 1.77 bits per heavy atom. The van der Waals surface area contributed by atoms with Gasteiger partial charge in [0.2, 0.25) is 10.0 Å². The Morgan fingerprint density at radius 1 is 1.09 bits per heavy atom. The molecule has 2 aromatic rings. The zero-order chi connectivity index (χ0) is 16.2. The summed E-state index contributed by atoms with van der Waals surface area (Å²) in [5.41, 5.74) is 0. The van der Waals surface area contributed by atoms with Crippen molar-refractivity contribution in [2.24, 2.45) is 0 Å². The second-order valence-corrected chi connectivity index (χ2v) is 7.27. The molecule has 0 heterocycles. The molecule has 2 rings (SSSR count). The molecule has 0 unspecified atom stereocenters. The molecule has 0 aliphatic rings. The third-order valence-electron chi connectivity index (χ3n) is 3.28. The van der Waals surface area contributed by atoms with Crippen LogP contribution in [0.25, 0.3) is 10.8 Å². The normalized spacial score (nSPS) is 12.0. The number of fused-ring (bicyclic) bond motifs is 1. The van der Waals surface area contributed by atoms with Crippen LogP contribution in [0.1, 0.15) is 33.6 Å². The molecule has 5 heteroatoms. The van der Waals surface area contributed by atoms with Crippen LogP contribution < -0.4 is 9.46 Å². The molecule has 2 aromatic carbocycles. The molecular formula is C17H23NO3S. The van der Waals surface area contributed by atoms with Crippen LogP contribution in [0.3, 0.4) is 0 Å². The maximum absolute atomic E-state index is 12.5. The Kier molecular flexibility index (Phi) is 5.42. The number of benzene rings is 2. The Labute approximate surface area is 132 Å². The monoisotopic (exact) mass is 321 g/mol. The van der Waals surface area contributed by atoms with Crippen LogP contribution in [0, 0.1) is 0 Å². The van der Waals surface area contributed by atoms with E-state index in [2.05, 4.69) is 11.6 Å². The van der Waals surface area contributed by atoms with Crippen LogP contribution in [0.2, 0.25) is 0 Å². The van der Waals surface area contributed by atoms with Crippen molar-refractivity contribution in [1.82, 2.24) is 4.72 Å². The fourth-order valence-corrected chi connectivity index (χ4v) is 3.77. The van der Waals surface area contributed by atoms with Crippen molar-refractivity contribution >= 4 is 20.8 Å². The van der Waals surface area contributed by atoms with Gasteiger partial charge in [-0.15, -0.1) is 0 Å². The van der Waals surface area contributed by atoms with Gasteiger partial charge in [0.05, 0.1) is 11.5 Å². The second kappa shape index (κ2) is 7.11. The molecule has 120 valence electrons. The topological polar surface area (TPSA) is 55.4 Å². The van der Waals surface area contributed by atoms with Gasteiger partial charge < -0.3 is 4.74 Å². The summed E-state index contributed by atoms with van der Waals surface area (Å²) < 4.78 is 33.4. The summed E-state index contributed by atoms with van der Waals surface area (Å²) in [5, 5.41) is 1.51. The molecule has 0 fully saturated rings. The van der Waals surface area contributed by atoms with E-state index in [1.165, 1.54) is 0 Å². The van der Waals surface area contributed by atoms with Gasteiger partial charge in [-0.25, -0.2) is 13.1 Å². The Balaban J connectivity index is 2.49. The van der Waals surface area contributed by atoms with Gasteiger partial charge in [-0.1, -0.05) is 37.6 Å². The fraction of sp³-hybridized carbons (Fsp3) is 0.412. The van der Waals surface area contributed by atoms with Crippen LogP contribution in [-0.2, 0) is 10.0 Å². The zero-order valence-corrected chi connectivity index (χ0v) is 14.1. The van der Waals surface area contributed by atoms with Gasteiger partial charge in [0.1, 0.15) is 5.75 Å². The SMILES string of the molecule is CCCCOc1ccc(S(=O)(=O)NC(C)C)c2ccccc12. The number of rotatable bonds is 7. The van der Waals surface area contributed by atoms with E-state index in [0.29, 0.717) is 16.9 Å². The van der Waals surface area contributed by atoms with Crippen molar-refractivity contribution in [1.29, 1.82) is 0 Å². The first kappa shape index (κ1) is 16.8. The van der Waals surface area contributed by atoms with Crippen LogP contribution in [0.15, 0.2) is 41.3 Å². The molecule has 22 heavy (non-hydrogen) atoms. The summed E-state index contributed by atoms with van der Waals surface area (Å²) >= 11 is 0. The van der Waals surface area contributed by atoms with Crippen LogP contribution >= 0.6 is 0 Å². The summed E-state index contributed by atoms with van der Waals surface area (Å²) in [4.78, 5) is 0.291. The van der Waals surface area contributed by atoms with Gasteiger partial charge in [0.25, 0.3) is 0 Å². The quantitative estimate of drug-likeness (QED) is 0.791. The molecule has 0 aliphatic carbocycles. The third kappa shape index (κ3) is 3.78. The molecule has 0 saturated heterocycles. The Hall–Kier alpha value is -1.59. The van der Waals surface area contributed by atoms with Gasteiger partial charge in [0.15, 0.2) is 0 Å². The summed E-state index contributed by atoms with van der Waals surface area (Å²) in [6.07, 6.45) is 2.03. The van der Waals surface area contributed by atoms with Crippen molar-refractivity contribution in [3.63, 3.8) is 0 Å². The zero-order valence-electron chi connectivity index (χ0n) is 13.3. The first-order chi connectivity index (χ1) is 10.5. The predicted octanol–water partition coefficient (Wildman–Crippen LogP) is 3.71. The molecule has 0 aromatic heterocycles. The van der Waals surface area contributed by atoms with Gasteiger partial charge in [-0.2, -0.15) is 0 Å². The summed E-state index contributed by atoms with van der Waals surface area (Å²) in [7, 11) is -3.53. The molecule has 0 bridgehead atoms. The highest BCUT2D eigenvalue weighted by atomic mass is 32.2. The Bertz CT molecular complexity index is 739. The minimum absolute atomic E-state index is 0.149. The first-order valence-corrected chi connectivity index (χ1v) is 9.11. The highest BCUT2D eigenvalue weighted by molar-refractivity contribution is 7.89. The van der Waals surface area contributed by atoms with E-state index in [1.54, 1.807) is 12.1 Å². The fourth-order valence-electron chi connectivity index (χ4n) is 2.30. The standard InChI is InChI=1S/C17H23NO3S/c1-4-5-12-21-16-10-11-17(22(19,20)18-13(2)3)15-9-7-6-8-14(15)16/h6-11,13,18H,4-5,12H2,1-3H3. The smallest absolute Gasteiger partial charge is 0.241 e. The van der Waals surface area contributed by atoms with Gasteiger partial charge in [-0.05, 0) is 32.4 Å². The summed E-state index contributed by atoms with van der Waals surface area (Å²) in [5.74, 6) is 0.729. The average molecular weight is 321 g/mol. The summed E-state index contributed by atoms with van der Waals surface area (Å²) in [6.45, 7) is 6.36. The number of unbranched alkanes of at least 4 members (excludes halogenated alkanes) is 1. The van der Waals surface area contributed by atoms with Crippen molar-refractivity contribution in [2.75, 3.05) is 6.61 Å². The molecule has 4 nitrogen and oxygen atoms in total. The Morgan fingerprint density at radius 3 is 2.41 bits per heavy atom. The highest BCUT2D eigenvalue weighted by Gasteiger charge is 2.19. The lowest BCUT2D eigenvalue weighted by atomic mass is 10.1. The molecule has 0 atom stereocenters. The van der Waals surface area contributed by atoms with Gasteiger partial charge in [-0.3, -0.25) is 0 Å². The highest BCUT2D eigenvalue weighted by Crippen LogP contribution is 2.31. The number of hydrogen-bond donors (Lipinski definition) is 1. The van der Waals surface area contributed by atoms with E-state index in [4.69, 9.17) is 4.74 Å². The van der Waals surface area contributed by atoms with Crippen LogP contribution in [0.4, 0.5) is 0 Å². The van der Waals surface area contributed by atoms with Crippen LogP contribution in [0.5, 0.6) is 5.75 Å². The van der Waals surface area contributed by atoms with E-state index in [0.717, 1.165) is 24.0 Å². The minimum atomic E-state index is -3.53. The van der Waals surface area contributed by atoms with E-state index in [9.17, 15) is 8.42 Å². The van der Waals surface area contributed by atoms with Crippen molar-refractivity contribution in [3.8, 4) is 5.75 Å². The van der Waals surface area contributed by atoms with Gasteiger partial charge >= 0.3 is 0 Å². The molecular weight excluding hydrogens is 298 g/mol. The molecule has 0 amide bonds. The van der Waals surface area contributed by atoms with E-state index < -0.39 is 10.0 Å². The van der Waals surface area contributed by atoms with Crippen molar-refractivity contribution < 1.29 is 13.2 Å². The number of sulfonamides is 1. The molecule has 0 radical (unpaired) electrons. The van der Waals surface area contributed by atoms with Crippen LogP contribution in [-0.4, -0.2) is 21.1 Å². The van der Waals surface area contributed by atoms with E-state index >= 15 is 0 Å². The second-order valence-electron chi connectivity index (χ2n) is 5.59. The first-order valence-electron chi connectivity index (χ1n) is 7.62. The van der Waals surface area contributed by atoms with Crippen molar-refractivity contribution in [3.05, 3.63) is 36.4 Å². The van der Waals surface area contributed by atoms with Crippen molar-refractivity contribution in [2.45, 2.75) is 44.6 Å².